The molecule has 206 valence electrons. The fourth-order valence-corrected chi connectivity index (χ4v) is 4.37. The summed E-state index contributed by atoms with van der Waals surface area (Å²) in [4.78, 5) is 43.6. The largest absolute Gasteiger partial charge is 0.416 e. The molecular weight excluding hydrogens is 525 g/mol. The molecule has 1 unspecified atom stereocenters. The third kappa shape index (κ3) is 5.48. The first kappa shape index (κ1) is 26.8. The summed E-state index contributed by atoms with van der Waals surface area (Å²) in [6.45, 7) is 2.24. The number of halogens is 3. The number of amides is 2. The Morgan fingerprint density at radius 2 is 1.95 bits per heavy atom. The number of allylic oxidation sites excluding steroid dienone is 2. The molecule has 3 heterocycles. The molecule has 1 fully saturated rings. The summed E-state index contributed by atoms with van der Waals surface area (Å²) in [5.74, 6) is -0.357. The molecule has 0 radical (unpaired) electrons. The molecule has 5 rings (SSSR count). The van der Waals surface area contributed by atoms with E-state index in [2.05, 4.69) is 35.9 Å². The summed E-state index contributed by atoms with van der Waals surface area (Å²) in [5.41, 5.74) is 1.90. The number of nitrogens with one attached hydrogen (secondary N) is 3. The molecule has 0 spiro atoms. The molecule has 2 aromatic heterocycles. The topological polar surface area (TPSA) is 125 Å². The number of carbonyl (C=O) groups excluding carboxylic acids is 2. The van der Waals surface area contributed by atoms with Crippen LogP contribution < -0.4 is 20.9 Å². The molecule has 2 amide bonds. The molecule has 0 saturated carbocycles. The predicted molar refractivity (Wildman–Crippen MR) is 143 cm³/mol. The minimum atomic E-state index is -4.61. The lowest BCUT2D eigenvalue weighted by Crippen LogP contribution is -2.44. The van der Waals surface area contributed by atoms with Crippen LogP contribution in [0.2, 0.25) is 0 Å². The summed E-state index contributed by atoms with van der Waals surface area (Å²) in [6.07, 6.45) is 4.01. The Kier molecular flexibility index (Phi) is 7.20. The zero-order chi connectivity index (χ0) is 28.4. The summed E-state index contributed by atoms with van der Waals surface area (Å²) >= 11 is 0. The molecule has 1 aliphatic heterocycles. The third-order valence-corrected chi connectivity index (χ3v) is 6.69. The number of carbonyl (C=O) groups is 2. The molecule has 1 aromatic carbocycles. The van der Waals surface area contributed by atoms with Gasteiger partial charge in [0, 0.05) is 38.0 Å². The molecule has 3 N–H and O–H groups in total. The van der Waals surface area contributed by atoms with Crippen LogP contribution in [-0.4, -0.2) is 45.3 Å². The highest BCUT2D eigenvalue weighted by Crippen LogP contribution is 2.38. The Balaban J connectivity index is 1.41. The van der Waals surface area contributed by atoms with E-state index in [-0.39, 0.29) is 17.3 Å². The van der Waals surface area contributed by atoms with Gasteiger partial charge >= 0.3 is 6.18 Å². The number of benzene rings is 1. The van der Waals surface area contributed by atoms with Crippen LogP contribution in [-0.2, 0) is 15.8 Å². The van der Waals surface area contributed by atoms with Crippen molar-refractivity contribution in [3.8, 4) is 11.3 Å². The van der Waals surface area contributed by atoms with Gasteiger partial charge in [-0.3, -0.25) is 9.59 Å². The van der Waals surface area contributed by atoms with Crippen LogP contribution in [0.3, 0.4) is 0 Å². The van der Waals surface area contributed by atoms with Crippen LogP contribution in [0.5, 0.6) is 0 Å². The van der Waals surface area contributed by atoms with Crippen molar-refractivity contribution in [2.24, 2.45) is 5.92 Å². The van der Waals surface area contributed by atoms with Crippen LogP contribution in [0, 0.1) is 5.92 Å². The van der Waals surface area contributed by atoms with Crippen molar-refractivity contribution in [1.82, 2.24) is 19.9 Å². The van der Waals surface area contributed by atoms with Gasteiger partial charge in [0.25, 0.3) is 0 Å². The van der Waals surface area contributed by atoms with Crippen molar-refractivity contribution in [2.45, 2.75) is 25.9 Å². The molecule has 40 heavy (non-hydrogen) atoms. The maximum absolute atomic E-state index is 13.4. The minimum absolute atomic E-state index is 0.0655. The van der Waals surface area contributed by atoms with Gasteiger partial charge < -0.3 is 20.9 Å². The first-order valence-corrected chi connectivity index (χ1v) is 12.4. The van der Waals surface area contributed by atoms with Crippen LogP contribution in [0.1, 0.15) is 25.3 Å². The number of alkyl halides is 3. The Morgan fingerprint density at radius 1 is 1.12 bits per heavy atom. The first-order valence-electron chi connectivity index (χ1n) is 12.4. The molecule has 10 nitrogen and oxygen atoms in total. The number of hydrogen-bond donors (Lipinski definition) is 3. The number of hydrogen-bond acceptors (Lipinski definition) is 8. The minimum Gasteiger partial charge on any atom is -0.373 e. The zero-order valence-electron chi connectivity index (χ0n) is 21.6. The fourth-order valence-electron chi connectivity index (χ4n) is 4.37. The van der Waals surface area contributed by atoms with Crippen molar-refractivity contribution in [3.63, 3.8) is 0 Å². The maximum atomic E-state index is 13.4. The van der Waals surface area contributed by atoms with Crippen molar-refractivity contribution < 1.29 is 22.8 Å². The van der Waals surface area contributed by atoms with Gasteiger partial charge in [-0.2, -0.15) is 13.2 Å². The van der Waals surface area contributed by atoms with Gasteiger partial charge in [-0.25, -0.2) is 19.9 Å². The molecule has 3 aromatic rings. The van der Waals surface area contributed by atoms with Gasteiger partial charge in [0.2, 0.25) is 11.8 Å². The predicted octanol–water partition coefficient (Wildman–Crippen LogP) is 4.63. The standard InChI is InChI=1S/C27H25F3N8O2/c1-15-3-4-16(9-19(15)36-25-18(12-32-13-35-25)20-11-23(31-2)34-14-33-20)26(40)37-21-10-17(27(28,29)30)5-6-22(21)38-8-7-24(38)39/h3,5-6,9-14,16H,4,7-8H2,1-2H3,(H,37,40)(H,31,33,34)(H,32,35,36). The number of aromatic nitrogens is 4. The number of rotatable bonds is 7. The highest BCUT2D eigenvalue weighted by atomic mass is 19.4. The molecular formula is C27H25F3N8O2. The third-order valence-electron chi connectivity index (χ3n) is 6.69. The van der Waals surface area contributed by atoms with Crippen LogP contribution in [0.4, 0.5) is 36.2 Å². The Morgan fingerprint density at radius 3 is 2.65 bits per heavy atom. The molecule has 1 atom stereocenters. The molecule has 13 heteroatoms. The van der Waals surface area contributed by atoms with Gasteiger partial charge in [-0.1, -0.05) is 6.08 Å². The lowest BCUT2D eigenvalue weighted by molar-refractivity contribution is -0.137. The van der Waals surface area contributed by atoms with E-state index in [1.165, 1.54) is 23.6 Å². The second-order valence-electron chi connectivity index (χ2n) is 9.27. The van der Waals surface area contributed by atoms with Gasteiger partial charge in [0.15, 0.2) is 0 Å². The monoisotopic (exact) mass is 550 g/mol. The summed E-state index contributed by atoms with van der Waals surface area (Å²) in [7, 11) is 1.74. The number of anilines is 4. The van der Waals surface area contributed by atoms with Crippen LogP contribution in [0.25, 0.3) is 11.3 Å². The average Bonchev–Trinajstić information content (AvgIpc) is 2.94. The van der Waals surface area contributed by atoms with E-state index in [1.54, 1.807) is 25.4 Å². The van der Waals surface area contributed by atoms with Gasteiger partial charge in [-0.05, 0) is 43.2 Å². The lowest BCUT2D eigenvalue weighted by Gasteiger charge is -2.33. The van der Waals surface area contributed by atoms with E-state index >= 15 is 0 Å². The summed E-state index contributed by atoms with van der Waals surface area (Å²) < 4.78 is 40.3. The number of nitrogens with zero attached hydrogens (tertiary/aromatic N) is 5. The summed E-state index contributed by atoms with van der Waals surface area (Å²) in [6, 6.07) is 4.72. The van der Waals surface area contributed by atoms with Crippen molar-refractivity contribution in [1.29, 1.82) is 0 Å². The van der Waals surface area contributed by atoms with Crippen LogP contribution in [0.15, 0.2) is 66.5 Å². The van der Waals surface area contributed by atoms with E-state index in [0.29, 0.717) is 48.0 Å². The maximum Gasteiger partial charge on any atom is 0.416 e. The van der Waals surface area contributed by atoms with Gasteiger partial charge in [-0.15, -0.1) is 0 Å². The fraction of sp³-hybridized carbons (Fsp3) is 0.259. The van der Waals surface area contributed by atoms with E-state index in [1.807, 2.05) is 13.0 Å². The van der Waals surface area contributed by atoms with E-state index in [9.17, 15) is 22.8 Å². The van der Waals surface area contributed by atoms with E-state index in [4.69, 9.17) is 0 Å². The van der Waals surface area contributed by atoms with E-state index < -0.39 is 23.6 Å². The van der Waals surface area contributed by atoms with Crippen molar-refractivity contribution >= 4 is 34.8 Å². The Bertz CT molecular complexity index is 1540. The second kappa shape index (κ2) is 10.8. The Hall–Kier alpha value is -4.81. The van der Waals surface area contributed by atoms with Gasteiger partial charge in [0.05, 0.1) is 34.1 Å². The van der Waals surface area contributed by atoms with Crippen LogP contribution >= 0.6 is 0 Å². The molecule has 0 bridgehead atoms. The van der Waals surface area contributed by atoms with Crippen molar-refractivity contribution in [3.05, 3.63) is 72.1 Å². The van der Waals surface area contributed by atoms with E-state index in [0.717, 1.165) is 17.7 Å². The highest BCUT2D eigenvalue weighted by Gasteiger charge is 2.34. The quantitative estimate of drug-likeness (QED) is 0.364. The normalized spacial score (nSPS) is 17.0. The first-order chi connectivity index (χ1) is 19.1. The summed E-state index contributed by atoms with van der Waals surface area (Å²) in [5, 5.41) is 8.83. The molecule has 1 saturated heterocycles. The zero-order valence-corrected chi connectivity index (χ0v) is 21.6. The highest BCUT2D eigenvalue weighted by molar-refractivity contribution is 6.05. The smallest absolute Gasteiger partial charge is 0.373 e. The SMILES string of the molecule is CNc1cc(-c2cncnc2NC2=CC(C(=O)Nc3cc(C(F)(F)F)ccc3N3CCC3=O)CC=C2C)ncn1. The molecule has 1 aliphatic carbocycles. The second-order valence-corrected chi connectivity index (χ2v) is 9.27. The molecule has 2 aliphatic rings. The van der Waals surface area contributed by atoms with Crippen molar-refractivity contribution in [2.75, 3.05) is 34.4 Å². The average molecular weight is 551 g/mol. The Labute approximate surface area is 227 Å². The lowest BCUT2D eigenvalue weighted by atomic mass is 9.93. The number of β-lactam (4-membered cyclic amide) rings is 1. The van der Waals surface area contributed by atoms with Gasteiger partial charge in [0.1, 0.15) is 24.3 Å².